The number of benzene rings is 1. The van der Waals surface area contributed by atoms with Gasteiger partial charge in [-0.15, -0.1) is 0 Å². The second-order valence-corrected chi connectivity index (χ2v) is 8.27. The number of carbonyl (C=O) groups is 2. The number of rotatable bonds is 6. The summed E-state index contributed by atoms with van der Waals surface area (Å²) in [7, 11) is 3.24. The minimum absolute atomic E-state index is 0.288. The summed E-state index contributed by atoms with van der Waals surface area (Å²) in [5.41, 5.74) is 3.94. The van der Waals surface area contributed by atoms with Crippen molar-refractivity contribution < 1.29 is 14.3 Å². The summed E-state index contributed by atoms with van der Waals surface area (Å²) in [6.45, 7) is 4.92. The highest BCUT2D eigenvalue weighted by Gasteiger charge is 2.17. The van der Waals surface area contributed by atoms with Crippen molar-refractivity contribution in [3.05, 3.63) is 51.7 Å². The number of anilines is 2. The maximum atomic E-state index is 11.4. The number of nitrogens with one attached hydrogen (secondary N) is 1. The summed E-state index contributed by atoms with van der Waals surface area (Å²) in [5.74, 6) is 1.66. The molecule has 0 atom stereocenters. The lowest BCUT2D eigenvalue weighted by Gasteiger charge is -2.16. The summed E-state index contributed by atoms with van der Waals surface area (Å²) in [5, 5.41) is 3.49. The fourth-order valence-corrected chi connectivity index (χ4v) is 4.12. The SMILES string of the molecule is CCCc1cc(NC)cc(C(=O)OC)c1.Cc1nc(N2CCCS2)cc(C=O)c1Cl. The van der Waals surface area contributed by atoms with Crippen molar-refractivity contribution in [2.24, 2.45) is 0 Å². The van der Waals surface area contributed by atoms with Crippen molar-refractivity contribution in [1.29, 1.82) is 0 Å². The predicted octanol–water partition coefficient (Wildman–Crippen LogP) is 5.18. The largest absolute Gasteiger partial charge is 0.465 e. The maximum absolute atomic E-state index is 11.4. The van der Waals surface area contributed by atoms with Crippen LogP contribution in [0.15, 0.2) is 24.3 Å². The monoisotopic (exact) mass is 449 g/mol. The fraction of sp³-hybridized carbons (Fsp3) is 0.409. The zero-order chi connectivity index (χ0) is 22.1. The van der Waals surface area contributed by atoms with Gasteiger partial charge >= 0.3 is 5.97 Å². The number of hydrogen-bond acceptors (Lipinski definition) is 7. The molecule has 0 unspecified atom stereocenters. The lowest BCUT2D eigenvalue weighted by molar-refractivity contribution is 0.0600. The van der Waals surface area contributed by atoms with Gasteiger partial charge in [-0.2, -0.15) is 0 Å². The first-order valence-corrected chi connectivity index (χ1v) is 11.2. The van der Waals surface area contributed by atoms with Gasteiger partial charge in [0.1, 0.15) is 5.82 Å². The Morgan fingerprint density at radius 2 is 2.13 bits per heavy atom. The molecular weight excluding hydrogens is 422 g/mol. The van der Waals surface area contributed by atoms with Gasteiger partial charge in [0.05, 0.1) is 23.4 Å². The van der Waals surface area contributed by atoms with Crippen LogP contribution in [0.25, 0.3) is 0 Å². The van der Waals surface area contributed by atoms with Crippen LogP contribution in [0, 0.1) is 6.92 Å². The number of aldehydes is 1. The number of pyridine rings is 1. The highest BCUT2D eigenvalue weighted by molar-refractivity contribution is 8.00. The van der Waals surface area contributed by atoms with Crippen LogP contribution in [0.5, 0.6) is 0 Å². The zero-order valence-electron chi connectivity index (χ0n) is 17.8. The Hall–Kier alpha value is -2.25. The van der Waals surface area contributed by atoms with E-state index in [2.05, 4.69) is 27.6 Å². The Morgan fingerprint density at radius 1 is 1.37 bits per heavy atom. The summed E-state index contributed by atoms with van der Waals surface area (Å²) < 4.78 is 6.81. The van der Waals surface area contributed by atoms with Gasteiger partial charge in [-0.1, -0.05) is 24.9 Å². The number of ether oxygens (including phenoxy) is 1. The van der Waals surface area contributed by atoms with Crippen LogP contribution in [-0.2, 0) is 11.2 Å². The predicted molar refractivity (Wildman–Crippen MR) is 125 cm³/mol. The van der Waals surface area contributed by atoms with Gasteiger partial charge in [-0.3, -0.25) is 4.79 Å². The first kappa shape index (κ1) is 24.0. The average Bonchev–Trinajstić information content (AvgIpc) is 3.30. The lowest BCUT2D eigenvalue weighted by atomic mass is 10.1. The quantitative estimate of drug-likeness (QED) is 0.370. The second-order valence-electron chi connectivity index (χ2n) is 6.79. The third-order valence-corrected chi connectivity index (χ3v) is 6.16. The van der Waals surface area contributed by atoms with E-state index in [-0.39, 0.29) is 5.97 Å². The molecule has 0 bridgehead atoms. The topological polar surface area (TPSA) is 71.5 Å². The molecule has 1 saturated heterocycles. The first-order chi connectivity index (χ1) is 14.4. The van der Waals surface area contributed by atoms with Gasteiger partial charge < -0.3 is 14.4 Å². The van der Waals surface area contributed by atoms with Crippen molar-refractivity contribution in [2.75, 3.05) is 36.1 Å². The van der Waals surface area contributed by atoms with Crippen LogP contribution < -0.4 is 9.62 Å². The number of esters is 1. The van der Waals surface area contributed by atoms with E-state index in [0.717, 1.165) is 54.9 Å². The van der Waals surface area contributed by atoms with Crippen LogP contribution in [0.3, 0.4) is 0 Å². The minimum atomic E-state index is -0.288. The van der Waals surface area contributed by atoms with E-state index in [1.165, 1.54) is 7.11 Å². The van der Waals surface area contributed by atoms with Crippen LogP contribution in [0.2, 0.25) is 5.02 Å². The van der Waals surface area contributed by atoms with Crippen LogP contribution >= 0.6 is 23.5 Å². The smallest absolute Gasteiger partial charge is 0.337 e. The first-order valence-electron chi connectivity index (χ1n) is 9.86. The highest BCUT2D eigenvalue weighted by atomic mass is 35.5. The van der Waals surface area contributed by atoms with E-state index >= 15 is 0 Å². The maximum Gasteiger partial charge on any atom is 0.337 e. The van der Waals surface area contributed by atoms with E-state index in [1.807, 2.05) is 20.0 Å². The third-order valence-electron chi connectivity index (χ3n) is 4.51. The Labute approximate surface area is 187 Å². The van der Waals surface area contributed by atoms with E-state index in [0.29, 0.717) is 21.8 Å². The summed E-state index contributed by atoms with van der Waals surface area (Å²) >= 11 is 7.69. The van der Waals surface area contributed by atoms with Gasteiger partial charge in [0.2, 0.25) is 0 Å². The number of aromatic nitrogens is 1. The van der Waals surface area contributed by atoms with Crippen molar-refractivity contribution in [1.82, 2.24) is 4.98 Å². The van der Waals surface area contributed by atoms with E-state index < -0.39 is 0 Å². The van der Waals surface area contributed by atoms with Crippen LogP contribution in [-0.4, -0.2) is 43.7 Å². The molecule has 0 saturated carbocycles. The van der Waals surface area contributed by atoms with E-state index in [4.69, 9.17) is 16.3 Å². The van der Waals surface area contributed by atoms with Gasteiger partial charge in [-0.25, -0.2) is 9.78 Å². The highest BCUT2D eigenvalue weighted by Crippen LogP contribution is 2.30. The Kier molecular flexibility index (Phi) is 9.46. The van der Waals surface area contributed by atoms with Crippen molar-refractivity contribution in [3.8, 4) is 0 Å². The molecule has 1 aliphatic heterocycles. The number of aryl methyl sites for hydroxylation is 2. The molecule has 1 N–H and O–H groups in total. The lowest BCUT2D eigenvalue weighted by Crippen LogP contribution is -2.11. The normalized spacial score (nSPS) is 12.8. The molecular formula is C22H28ClN3O3S. The van der Waals surface area contributed by atoms with Crippen LogP contribution in [0.4, 0.5) is 11.5 Å². The number of hydrogen-bond donors (Lipinski definition) is 1. The van der Waals surface area contributed by atoms with Crippen molar-refractivity contribution >= 4 is 47.3 Å². The van der Waals surface area contributed by atoms with E-state index in [1.54, 1.807) is 24.1 Å². The zero-order valence-corrected chi connectivity index (χ0v) is 19.4. The van der Waals surface area contributed by atoms with Gasteiger partial charge in [0, 0.05) is 30.6 Å². The Balaban J connectivity index is 0.000000214. The average molecular weight is 450 g/mol. The molecule has 0 amide bonds. The van der Waals surface area contributed by atoms with Gasteiger partial charge in [-0.05, 0) is 61.5 Å². The molecule has 1 aliphatic rings. The second kappa shape index (κ2) is 11.8. The van der Waals surface area contributed by atoms with Crippen LogP contribution in [0.1, 0.15) is 51.7 Å². The van der Waals surface area contributed by atoms with Gasteiger partial charge in [0.25, 0.3) is 0 Å². The molecule has 0 aliphatic carbocycles. The summed E-state index contributed by atoms with van der Waals surface area (Å²) in [6, 6.07) is 7.48. The van der Waals surface area contributed by atoms with Crippen molar-refractivity contribution in [2.45, 2.75) is 33.1 Å². The van der Waals surface area contributed by atoms with Crippen molar-refractivity contribution in [3.63, 3.8) is 0 Å². The Bertz CT molecular complexity index is 886. The molecule has 8 heteroatoms. The molecule has 6 nitrogen and oxygen atoms in total. The molecule has 30 heavy (non-hydrogen) atoms. The third kappa shape index (κ3) is 6.37. The molecule has 162 valence electrons. The molecule has 1 aromatic heterocycles. The molecule has 1 aromatic carbocycles. The summed E-state index contributed by atoms with van der Waals surface area (Å²) in [4.78, 5) is 26.6. The molecule has 1 fully saturated rings. The molecule has 2 heterocycles. The van der Waals surface area contributed by atoms with E-state index in [9.17, 15) is 9.59 Å². The number of nitrogens with zero attached hydrogens (tertiary/aromatic N) is 2. The Morgan fingerprint density at radius 3 is 2.70 bits per heavy atom. The number of methoxy groups -OCH3 is 1. The van der Waals surface area contributed by atoms with Gasteiger partial charge in [0.15, 0.2) is 6.29 Å². The minimum Gasteiger partial charge on any atom is -0.465 e. The molecule has 3 rings (SSSR count). The number of halogens is 1. The fourth-order valence-electron chi connectivity index (χ4n) is 3.01. The summed E-state index contributed by atoms with van der Waals surface area (Å²) in [6.07, 6.45) is 3.97. The number of carbonyl (C=O) groups excluding carboxylic acids is 2. The molecule has 2 aromatic rings. The molecule has 0 spiro atoms. The standard InChI is InChI=1S/C12H17NO2.C10H11ClN2OS/c1-4-5-9-6-10(12(14)15-3)8-11(7-9)13-2;1-7-10(11)8(6-14)5-9(12-7)13-3-2-4-15-13/h6-8,13H,4-5H2,1-3H3;5-6H,2-4H2,1H3. The molecule has 0 radical (unpaired) electrons.